The topological polar surface area (TPSA) is 53.1 Å². The average Bonchev–Trinajstić information content (AvgIpc) is 2.43. The fraction of sp³-hybridized carbons (Fsp3) is 0.562. The van der Waals surface area contributed by atoms with Gasteiger partial charge >= 0.3 is 0 Å². The highest BCUT2D eigenvalue weighted by Crippen LogP contribution is 2.24. The number of rotatable bonds is 5. The smallest absolute Gasteiger partial charge is 0.138 e. The van der Waals surface area contributed by atoms with Crippen LogP contribution in [0.25, 0.3) is 0 Å². The zero-order valence-corrected chi connectivity index (χ0v) is 12.2. The van der Waals surface area contributed by atoms with Crippen molar-refractivity contribution in [3.8, 4) is 0 Å². The quantitative estimate of drug-likeness (QED) is 0.641. The molecule has 0 saturated carbocycles. The number of nitrogens with zero attached hydrogens (tertiary/aromatic N) is 1. The van der Waals surface area contributed by atoms with Gasteiger partial charge in [0.25, 0.3) is 0 Å². The second-order valence-electron chi connectivity index (χ2n) is 5.60. The van der Waals surface area contributed by atoms with Gasteiger partial charge in [-0.15, -0.1) is 0 Å². The summed E-state index contributed by atoms with van der Waals surface area (Å²) in [6.07, 6.45) is 6.01. The van der Waals surface area contributed by atoms with Crippen LogP contribution < -0.4 is 5.73 Å². The highest BCUT2D eigenvalue weighted by molar-refractivity contribution is 5.95. The van der Waals surface area contributed by atoms with Crippen molar-refractivity contribution in [3.05, 3.63) is 35.1 Å². The minimum atomic E-state index is -0.333. The van der Waals surface area contributed by atoms with Gasteiger partial charge in [0.2, 0.25) is 0 Å². The van der Waals surface area contributed by atoms with Crippen LogP contribution in [0.1, 0.15) is 50.2 Å². The van der Waals surface area contributed by atoms with Crippen LogP contribution in [0.3, 0.4) is 0 Å². The highest BCUT2D eigenvalue weighted by Gasteiger charge is 2.23. The molecular formula is C16H24FN3. The van der Waals surface area contributed by atoms with E-state index < -0.39 is 0 Å². The molecule has 1 aliphatic rings. The van der Waals surface area contributed by atoms with Gasteiger partial charge in [0.05, 0.1) is 5.56 Å². The van der Waals surface area contributed by atoms with Crippen molar-refractivity contribution in [1.29, 1.82) is 5.41 Å². The van der Waals surface area contributed by atoms with Crippen LogP contribution in [0.5, 0.6) is 0 Å². The maximum atomic E-state index is 14.3. The van der Waals surface area contributed by atoms with Crippen LogP contribution in [0, 0.1) is 11.2 Å². The van der Waals surface area contributed by atoms with E-state index in [2.05, 4.69) is 11.8 Å². The summed E-state index contributed by atoms with van der Waals surface area (Å²) in [6, 6.07) is 5.72. The lowest BCUT2D eigenvalue weighted by molar-refractivity contribution is 0.130. The van der Waals surface area contributed by atoms with Gasteiger partial charge in [-0.3, -0.25) is 10.3 Å². The van der Waals surface area contributed by atoms with Crippen molar-refractivity contribution in [2.24, 2.45) is 5.73 Å². The Balaban J connectivity index is 2.16. The molecule has 4 heteroatoms. The van der Waals surface area contributed by atoms with Crippen LogP contribution in [0.15, 0.2) is 18.2 Å². The number of nitrogens with two attached hydrogens (primary N) is 1. The van der Waals surface area contributed by atoms with E-state index in [1.165, 1.54) is 25.7 Å². The Kier molecular flexibility index (Phi) is 5.12. The summed E-state index contributed by atoms with van der Waals surface area (Å²) in [7, 11) is 0. The fourth-order valence-electron chi connectivity index (χ4n) is 3.06. The number of hydrogen-bond acceptors (Lipinski definition) is 2. The summed E-state index contributed by atoms with van der Waals surface area (Å²) in [5.41, 5.74) is 6.29. The van der Waals surface area contributed by atoms with E-state index in [9.17, 15) is 4.39 Å². The van der Waals surface area contributed by atoms with Gasteiger partial charge < -0.3 is 5.73 Å². The molecule has 1 aromatic carbocycles. The lowest BCUT2D eigenvalue weighted by atomic mass is 9.97. The van der Waals surface area contributed by atoms with Crippen LogP contribution in [0.2, 0.25) is 0 Å². The minimum absolute atomic E-state index is 0.201. The summed E-state index contributed by atoms with van der Waals surface area (Å²) in [6.45, 7) is 3.86. The Morgan fingerprint density at radius 3 is 2.95 bits per heavy atom. The van der Waals surface area contributed by atoms with Crippen molar-refractivity contribution in [2.45, 2.75) is 51.6 Å². The molecule has 0 spiro atoms. The standard InChI is InChI=1S/C16H24FN3/c1-2-6-13-8-3-4-10-20(13)11-12-7-5-9-14(15(12)17)16(18)19/h5,7,9,13H,2-4,6,8,10-11H2,1H3,(H3,18,19). The van der Waals surface area contributed by atoms with E-state index in [0.29, 0.717) is 18.2 Å². The van der Waals surface area contributed by atoms with Crippen LogP contribution in [-0.4, -0.2) is 23.3 Å². The molecule has 0 bridgehead atoms. The molecule has 110 valence electrons. The number of amidine groups is 1. The molecule has 0 aromatic heterocycles. The van der Waals surface area contributed by atoms with E-state index in [0.717, 1.165) is 13.0 Å². The molecule has 20 heavy (non-hydrogen) atoms. The minimum Gasteiger partial charge on any atom is -0.384 e. The highest BCUT2D eigenvalue weighted by atomic mass is 19.1. The molecule has 0 amide bonds. The molecule has 1 unspecified atom stereocenters. The van der Waals surface area contributed by atoms with Gasteiger partial charge in [0.1, 0.15) is 11.7 Å². The molecule has 1 saturated heterocycles. The molecule has 1 aliphatic heterocycles. The zero-order chi connectivity index (χ0) is 14.5. The van der Waals surface area contributed by atoms with Gasteiger partial charge in [-0.1, -0.05) is 31.9 Å². The monoisotopic (exact) mass is 277 g/mol. The first kappa shape index (κ1) is 15.0. The molecule has 1 aromatic rings. The Morgan fingerprint density at radius 1 is 1.45 bits per heavy atom. The van der Waals surface area contributed by atoms with Gasteiger partial charge in [0.15, 0.2) is 0 Å². The summed E-state index contributed by atoms with van der Waals surface area (Å²) in [5.74, 6) is -0.533. The molecule has 3 nitrogen and oxygen atoms in total. The number of nitrogens with one attached hydrogen (secondary N) is 1. The zero-order valence-electron chi connectivity index (χ0n) is 12.2. The third-order valence-corrected chi connectivity index (χ3v) is 4.11. The second-order valence-corrected chi connectivity index (χ2v) is 5.60. The molecule has 2 rings (SSSR count). The molecule has 1 heterocycles. The van der Waals surface area contributed by atoms with Crippen molar-refractivity contribution in [3.63, 3.8) is 0 Å². The summed E-state index contributed by atoms with van der Waals surface area (Å²) >= 11 is 0. The first-order chi connectivity index (χ1) is 9.63. The first-order valence-electron chi connectivity index (χ1n) is 7.49. The molecule has 0 aliphatic carbocycles. The number of likely N-dealkylation sites (tertiary alicyclic amines) is 1. The molecular weight excluding hydrogens is 253 g/mol. The van der Waals surface area contributed by atoms with E-state index in [-0.39, 0.29) is 17.2 Å². The van der Waals surface area contributed by atoms with Gasteiger partial charge in [0, 0.05) is 18.2 Å². The van der Waals surface area contributed by atoms with Gasteiger partial charge in [-0.2, -0.15) is 0 Å². The average molecular weight is 277 g/mol. The van der Waals surface area contributed by atoms with Crippen molar-refractivity contribution in [2.75, 3.05) is 6.54 Å². The van der Waals surface area contributed by atoms with Gasteiger partial charge in [-0.05, 0) is 31.9 Å². The number of halogens is 1. The molecule has 1 atom stereocenters. The molecule has 0 radical (unpaired) electrons. The van der Waals surface area contributed by atoms with Crippen molar-refractivity contribution >= 4 is 5.84 Å². The lowest BCUT2D eigenvalue weighted by Gasteiger charge is -2.35. The van der Waals surface area contributed by atoms with Crippen molar-refractivity contribution in [1.82, 2.24) is 4.90 Å². The predicted octanol–water partition coefficient (Wildman–Crippen LogP) is 3.26. The van der Waals surface area contributed by atoms with Gasteiger partial charge in [-0.25, -0.2) is 4.39 Å². The number of benzene rings is 1. The predicted molar refractivity (Wildman–Crippen MR) is 80.4 cm³/mol. The summed E-state index contributed by atoms with van der Waals surface area (Å²) in [4.78, 5) is 2.38. The second kappa shape index (κ2) is 6.84. The molecule has 1 fully saturated rings. The van der Waals surface area contributed by atoms with E-state index >= 15 is 0 Å². The van der Waals surface area contributed by atoms with Crippen LogP contribution >= 0.6 is 0 Å². The Labute approximate surface area is 120 Å². The van der Waals surface area contributed by atoms with Crippen molar-refractivity contribution < 1.29 is 4.39 Å². The Bertz CT molecular complexity index is 471. The maximum Gasteiger partial charge on any atom is 0.138 e. The number of hydrogen-bond donors (Lipinski definition) is 2. The van der Waals surface area contributed by atoms with E-state index in [4.69, 9.17) is 11.1 Å². The number of nitrogen functional groups attached to an aromatic ring is 1. The van der Waals surface area contributed by atoms with Crippen LogP contribution in [-0.2, 0) is 6.54 Å². The number of piperidine rings is 1. The fourth-order valence-corrected chi connectivity index (χ4v) is 3.06. The third-order valence-electron chi connectivity index (χ3n) is 4.11. The lowest BCUT2D eigenvalue weighted by Crippen LogP contribution is -2.39. The summed E-state index contributed by atoms with van der Waals surface area (Å²) in [5, 5.41) is 7.42. The largest absolute Gasteiger partial charge is 0.384 e. The maximum absolute atomic E-state index is 14.3. The SMILES string of the molecule is CCCC1CCCCN1Cc1cccc(C(=N)N)c1F. The first-order valence-corrected chi connectivity index (χ1v) is 7.49. The Morgan fingerprint density at radius 2 is 2.25 bits per heavy atom. The summed E-state index contributed by atoms with van der Waals surface area (Å²) < 4.78 is 14.3. The molecule has 3 N–H and O–H groups in total. The van der Waals surface area contributed by atoms with E-state index in [1.54, 1.807) is 18.2 Å². The third kappa shape index (κ3) is 3.37. The van der Waals surface area contributed by atoms with Crippen LogP contribution in [0.4, 0.5) is 4.39 Å². The Hall–Kier alpha value is -1.42. The normalized spacial score (nSPS) is 20.0. The van der Waals surface area contributed by atoms with E-state index in [1.807, 2.05) is 0 Å².